The van der Waals surface area contributed by atoms with E-state index in [1.165, 1.54) is 21.8 Å². The van der Waals surface area contributed by atoms with Gasteiger partial charge in [0.05, 0.1) is 11.0 Å². The summed E-state index contributed by atoms with van der Waals surface area (Å²) in [4.78, 5) is 10.0. The van der Waals surface area contributed by atoms with Crippen LogP contribution in [-0.2, 0) is 0 Å². The maximum Gasteiger partial charge on any atom is 0.169 e. The summed E-state index contributed by atoms with van der Waals surface area (Å²) in [7, 11) is 0. The first kappa shape index (κ1) is 21.3. The van der Waals surface area contributed by atoms with Crippen molar-refractivity contribution in [2.24, 2.45) is 9.98 Å². The highest BCUT2D eigenvalue weighted by molar-refractivity contribution is 6.16. The number of aromatic nitrogens is 1. The Kier molecular flexibility index (Phi) is 5.14. The molecule has 0 radical (unpaired) electrons. The Bertz CT molecular complexity index is 1740. The molecule has 1 unspecified atom stereocenters. The number of para-hydroxylation sites is 2. The number of rotatable bonds is 4. The minimum Gasteiger partial charge on any atom is -0.324 e. The van der Waals surface area contributed by atoms with Crippen molar-refractivity contribution in [2.45, 2.75) is 6.17 Å². The summed E-state index contributed by atoms with van der Waals surface area (Å²) in [6, 6.07) is 46.2. The zero-order valence-electron chi connectivity index (χ0n) is 20.1. The van der Waals surface area contributed by atoms with E-state index in [-0.39, 0.29) is 6.17 Å². The third kappa shape index (κ3) is 3.80. The monoisotopic (exact) mass is 476 g/mol. The zero-order chi connectivity index (χ0) is 24.6. The second-order valence-corrected chi connectivity index (χ2v) is 9.15. The van der Waals surface area contributed by atoms with E-state index < -0.39 is 0 Å². The number of hydrogen-bond acceptors (Lipinski definition) is 3. The topological polar surface area (TPSA) is 41.7 Å². The molecule has 176 valence electrons. The quantitative estimate of drug-likeness (QED) is 0.285. The molecule has 7 rings (SSSR count). The molecule has 0 saturated carbocycles. The molecule has 0 spiro atoms. The minimum absolute atomic E-state index is 0.315. The highest BCUT2D eigenvalue weighted by atomic mass is 15.2. The molecule has 1 atom stereocenters. The van der Waals surface area contributed by atoms with Gasteiger partial charge in [0.25, 0.3) is 0 Å². The lowest BCUT2D eigenvalue weighted by molar-refractivity contribution is 0.756. The molecule has 4 heteroatoms. The molecule has 0 aliphatic carbocycles. The molecule has 2 heterocycles. The van der Waals surface area contributed by atoms with Crippen LogP contribution in [0, 0.1) is 0 Å². The Morgan fingerprint density at radius 2 is 1.05 bits per heavy atom. The number of amidine groups is 2. The molecule has 1 N–H and O–H groups in total. The molecule has 6 aromatic rings. The fraction of sp³-hybridized carbons (Fsp3) is 0.0303. The maximum atomic E-state index is 5.05. The van der Waals surface area contributed by atoms with Crippen molar-refractivity contribution in [3.63, 3.8) is 0 Å². The molecule has 0 fully saturated rings. The van der Waals surface area contributed by atoms with Crippen LogP contribution in [0.1, 0.15) is 22.9 Å². The smallest absolute Gasteiger partial charge is 0.169 e. The molecule has 0 bridgehead atoms. The highest BCUT2D eigenvalue weighted by Gasteiger charge is 2.21. The minimum atomic E-state index is -0.315. The van der Waals surface area contributed by atoms with Gasteiger partial charge in [-0.15, -0.1) is 0 Å². The predicted molar refractivity (Wildman–Crippen MR) is 153 cm³/mol. The summed E-state index contributed by atoms with van der Waals surface area (Å²) in [6.07, 6.45) is -0.315. The standard InChI is InChI=1S/C33H24N4/c1-3-12-23(13-4-1)31-34-32(24-14-5-2-6-15-24)36-33(35-31)25-16-11-17-26(22-25)37-29-20-9-7-18-27(29)28-19-8-10-21-30(28)37/h1-22,31H,(H,34,35,36). The van der Waals surface area contributed by atoms with Crippen molar-refractivity contribution >= 4 is 33.5 Å². The van der Waals surface area contributed by atoms with E-state index in [1.54, 1.807) is 0 Å². The average Bonchev–Trinajstić information content (AvgIpc) is 3.32. The molecular formula is C33H24N4. The summed E-state index contributed by atoms with van der Waals surface area (Å²) in [6.45, 7) is 0. The van der Waals surface area contributed by atoms with Crippen molar-refractivity contribution in [3.8, 4) is 5.69 Å². The first-order chi connectivity index (χ1) is 18.3. The van der Waals surface area contributed by atoms with Gasteiger partial charge in [-0.25, -0.2) is 9.98 Å². The average molecular weight is 477 g/mol. The second-order valence-electron chi connectivity index (χ2n) is 9.15. The second kappa shape index (κ2) is 8.92. The molecule has 0 amide bonds. The summed E-state index contributed by atoms with van der Waals surface area (Å²) in [5.41, 5.74) is 6.59. The summed E-state index contributed by atoms with van der Waals surface area (Å²) in [5.74, 6) is 1.63. The predicted octanol–water partition coefficient (Wildman–Crippen LogP) is 7.28. The summed E-state index contributed by atoms with van der Waals surface area (Å²) >= 11 is 0. The van der Waals surface area contributed by atoms with Gasteiger partial charge in [0.2, 0.25) is 0 Å². The zero-order valence-corrected chi connectivity index (χ0v) is 20.1. The normalized spacial score (nSPS) is 15.3. The molecule has 4 nitrogen and oxygen atoms in total. The third-order valence-corrected chi connectivity index (χ3v) is 6.84. The van der Waals surface area contributed by atoms with Crippen LogP contribution < -0.4 is 5.32 Å². The van der Waals surface area contributed by atoms with Crippen LogP contribution in [0.4, 0.5) is 0 Å². The number of benzene rings is 5. The van der Waals surface area contributed by atoms with Gasteiger partial charge in [-0.05, 0) is 29.8 Å². The van der Waals surface area contributed by atoms with E-state index in [4.69, 9.17) is 9.98 Å². The van der Waals surface area contributed by atoms with E-state index in [9.17, 15) is 0 Å². The van der Waals surface area contributed by atoms with Crippen LogP contribution in [0.25, 0.3) is 27.5 Å². The number of aliphatic imine (C=N–C) groups is 2. The molecule has 1 aliphatic rings. The Hall–Kier alpha value is -4.96. The first-order valence-corrected chi connectivity index (χ1v) is 12.5. The number of nitrogens with one attached hydrogen (secondary N) is 1. The first-order valence-electron chi connectivity index (χ1n) is 12.5. The van der Waals surface area contributed by atoms with E-state index in [2.05, 4.69) is 107 Å². The molecule has 37 heavy (non-hydrogen) atoms. The van der Waals surface area contributed by atoms with Gasteiger partial charge in [-0.3, -0.25) is 0 Å². The van der Waals surface area contributed by atoms with Crippen LogP contribution in [0.2, 0.25) is 0 Å². The lowest BCUT2D eigenvalue weighted by Crippen LogP contribution is -2.36. The van der Waals surface area contributed by atoms with Crippen LogP contribution in [-0.4, -0.2) is 16.2 Å². The van der Waals surface area contributed by atoms with Crippen LogP contribution in [0.15, 0.2) is 143 Å². The van der Waals surface area contributed by atoms with Crippen molar-refractivity contribution in [2.75, 3.05) is 0 Å². The Labute approximate surface area is 215 Å². The summed E-state index contributed by atoms with van der Waals surface area (Å²) < 4.78 is 2.33. The van der Waals surface area contributed by atoms with Crippen LogP contribution in [0.5, 0.6) is 0 Å². The van der Waals surface area contributed by atoms with E-state index in [1.807, 2.05) is 36.4 Å². The van der Waals surface area contributed by atoms with Crippen LogP contribution >= 0.6 is 0 Å². The number of hydrogen-bond donors (Lipinski definition) is 1. The van der Waals surface area contributed by atoms with Gasteiger partial charge in [0.15, 0.2) is 6.17 Å². The van der Waals surface area contributed by atoms with Gasteiger partial charge in [0.1, 0.15) is 11.7 Å². The molecular weight excluding hydrogens is 452 g/mol. The van der Waals surface area contributed by atoms with Crippen molar-refractivity contribution in [1.82, 2.24) is 9.88 Å². The van der Waals surface area contributed by atoms with Gasteiger partial charge in [-0.2, -0.15) is 0 Å². The van der Waals surface area contributed by atoms with Crippen molar-refractivity contribution in [3.05, 3.63) is 150 Å². The molecule has 0 saturated heterocycles. The van der Waals surface area contributed by atoms with Gasteiger partial charge in [-0.1, -0.05) is 109 Å². The fourth-order valence-electron chi connectivity index (χ4n) is 5.11. The van der Waals surface area contributed by atoms with E-state index in [0.29, 0.717) is 0 Å². The molecule has 5 aromatic carbocycles. The van der Waals surface area contributed by atoms with E-state index >= 15 is 0 Å². The fourth-order valence-corrected chi connectivity index (χ4v) is 5.11. The molecule has 1 aromatic heterocycles. The SMILES string of the molecule is c1ccc(C2=NC(c3ccccc3)N=C(c3cccc(-n4c5ccccc5c5ccccc54)c3)N2)cc1. The largest absolute Gasteiger partial charge is 0.324 e. The van der Waals surface area contributed by atoms with Crippen LogP contribution in [0.3, 0.4) is 0 Å². The van der Waals surface area contributed by atoms with Crippen molar-refractivity contribution in [1.29, 1.82) is 0 Å². The Morgan fingerprint density at radius 3 is 1.73 bits per heavy atom. The highest BCUT2D eigenvalue weighted by Crippen LogP contribution is 2.32. The Balaban J connectivity index is 1.37. The lowest BCUT2D eigenvalue weighted by Gasteiger charge is -2.22. The Morgan fingerprint density at radius 1 is 0.514 bits per heavy atom. The van der Waals surface area contributed by atoms with E-state index in [0.717, 1.165) is 34.0 Å². The van der Waals surface area contributed by atoms with Crippen molar-refractivity contribution < 1.29 is 0 Å². The maximum absolute atomic E-state index is 5.05. The van der Waals surface area contributed by atoms with Gasteiger partial charge >= 0.3 is 0 Å². The number of fused-ring (bicyclic) bond motifs is 3. The molecule has 1 aliphatic heterocycles. The third-order valence-electron chi connectivity index (χ3n) is 6.84. The lowest BCUT2D eigenvalue weighted by atomic mass is 10.1. The summed E-state index contributed by atoms with van der Waals surface area (Å²) in [5, 5.41) is 6.02. The van der Waals surface area contributed by atoms with Gasteiger partial charge < -0.3 is 9.88 Å². The number of nitrogens with zero attached hydrogens (tertiary/aromatic N) is 3. The van der Waals surface area contributed by atoms with Gasteiger partial charge in [0, 0.05) is 27.6 Å².